The third kappa shape index (κ3) is 1.70. The number of para-hydroxylation sites is 1. The lowest BCUT2D eigenvalue weighted by atomic mass is 10.1. The van der Waals surface area contributed by atoms with Crippen LogP contribution in [0.25, 0.3) is 0 Å². The average molecular weight is 240 g/mol. The first-order valence-corrected chi connectivity index (χ1v) is 6.17. The van der Waals surface area contributed by atoms with Crippen molar-refractivity contribution in [3.8, 4) is 0 Å². The lowest BCUT2D eigenvalue weighted by Crippen LogP contribution is -2.25. The molecule has 3 rings (SSSR count). The second-order valence-corrected chi connectivity index (χ2v) is 4.54. The molecule has 0 aliphatic carbocycles. The highest BCUT2D eigenvalue weighted by Crippen LogP contribution is 2.37. The number of fused-ring (bicyclic) bond motifs is 1. The quantitative estimate of drug-likeness (QED) is 0.876. The number of aromatic nitrogens is 2. The smallest absolute Gasteiger partial charge is 0.224 e. The maximum absolute atomic E-state index is 4.53. The van der Waals surface area contributed by atoms with Crippen molar-refractivity contribution in [2.45, 2.75) is 19.4 Å². The number of hydrogen-bond donors (Lipinski definition) is 1. The molecule has 1 aliphatic rings. The lowest BCUT2D eigenvalue weighted by Gasteiger charge is -2.23. The van der Waals surface area contributed by atoms with Crippen molar-refractivity contribution in [3.05, 3.63) is 42.1 Å². The third-order valence-electron chi connectivity index (χ3n) is 3.32. The average Bonchev–Trinajstić information content (AvgIpc) is 2.74. The molecule has 0 bridgehead atoms. The maximum atomic E-state index is 4.53. The molecule has 0 amide bonds. The molecule has 1 aromatic carbocycles. The molecule has 4 heteroatoms. The zero-order valence-electron chi connectivity index (χ0n) is 10.6. The Hall–Kier alpha value is -2.10. The number of hydrogen-bond acceptors (Lipinski definition) is 4. The van der Waals surface area contributed by atoms with Gasteiger partial charge in [-0.05, 0) is 31.0 Å². The molecule has 0 saturated heterocycles. The summed E-state index contributed by atoms with van der Waals surface area (Å²) in [6.45, 7) is 2.22. The zero-order chi connectivity index (χ0) is 12.5. The molecule has 1 atom stereocenters. The normalized spacial score (nSPS) is 17.7. The summed E-state index contributed by atoms with van der Waals surface area (Å²) in [7, 11) is 1.83. The Kier molecular flexibility index (Phi) is 2.63. The Balaban J connectivity index is 2.06. The fraction of sp³-hybridized carbons (Fsp3) is 0.286. The molecule has 1 aromatic heterocycles. The van der Waals surface area contributed by atoms with E-state index in [1.165, 1.54) is 11.3 Å². The van der Waals surface area contributed by atoms with Crippen LogP contribution in [-0.4, -0.2) is 23.1 Å². The number of benzene rings is 1. The molecular weight excluding hydrogens is 224 g/mol. The molecule has 4 nitrogen and oxygen atoms in total. The summed E-state index contributed by atoms with van der Waals surface area (Å²) in [5.74, 6) is 1.61. The van der Waals surface area contributed by atoms with Gasteiger partial charge in [-0.2, -0.15) is 4.98 Å². The molecule has 0 fully saturated rings. The number of nitrogens with zero attached hydrogens (tertiary/aromatic N) is 3. The van der Waals surface area contributed by atoms with Crippen molar-refractivity contribution < 1.29 is 0 Å². The summed E-state index contributed by atoms with van der Waals surface area (Å²) in [4.78, 5) is 11.0. The van der Waals surface area contributed by atoms with Gasteiger partial charge in [0.05, 0.1) is 0 Å². The predicted molar refractivity (Wildman–Crippen MR) is 73.3 cm³/mol. The fourth-order valence-electron chi connectivity index (χ4n) is 2.52. The minimum atomic E-state index is 0.432. The standard InChI is InChI=1S/C14H16N4/c1-10-9-11-5-3-4-6-12(11)18(10)13-7-8-16-14(15-2)17-13/h3-8,10H,9H2,1-2H3,(H,15,16,17). The van der Waals surface area contributed by atoms with Crippen LogP contribution in [0.2, 0.25) is 0 Å². The summed E-state index contributed by atoms with van der Waals surface area (Å²) in [6.07, 6.45) is 2.86. The molecule has 1 aliphatic heterocycles. The van der Waals surface area contributed by atoms with Gasteiger partial charge in [0.2, 0.25) is 5.95 Å². The van der Waals surface area contributed by atoms with Gasteiger partial charge in [-0.15, -0.1) is 0 Å². The largest absolute Gasteiger partial charge is 0.357 e. The maximum Gasteiger partial charge on any atom is 0.224 e. The number of nitrogens with one attached hydrogen (secondary N) is 1. The van der Waals surface area contributed by atoms with E-state index in [1.807, 2.05) is 13.1 Å². The molecule has 0 radical (unpaired) electrons. The Labute approximate surface area is 107 Å². The molecule has 1 unspecified atom stereocenters. The van der Waals surface area contributed by atoms with E-state index in [0.29, 0.717) is 12.0 Å². The van der Waals surface area contributed by atoms with Gasteiger partial charge in [0.15, 0.2) is 0 Å². The van der Waals surface area contributed by atoms with Crippen molar-refractivity contribution in [1.29, 1.82) is 0 Å². The molecule has 0 spiro atoms. The van der Waals surface area contributed by atoms with Crippen LogP contribution >= 0.6 is 0 Å². The number of rotatable bonds is 2. The van der Waals surface area contributed by atoms with Crippen LogP contribution in [-0.2, 0) is 6.42 Å². The van der Waals surface area contributed by atoms with E-state index in [2.05, 4.69) is 51.4 Å². The first-order valence-electron chi connectivity index (χ1n) is 6.17. The van der Waals surface area contributed by atoms with Gasteiger partial charge >= 0.3 is 0 Å². The highest BCUT2D eigenvalue weighted by molar-refractivity contribution is 5.69. The minimum absolute atomic E-state index is 0.432. The Morgan fingerprint density at radius 1 is 1.28 bits per heavy atom. The summed E-state index contributed by atoms with van der Waals surface area (Å²) >= 11 is 0. The summed E-state index contributed by atoms with van der Waals surface area (Å²) in [5.41, 5.74) is 2.64. The van der Waals surface area contributed by atoms with Crippen LogP contribution in [0.1, 0.15) is 12.5 Å². The lowest BCUT2D eigenvalue weighted by molar-refractivity contribution is 0.749. The van der Waals surface area contributed by atoms with Gasteiger partial charge in [0.1, 0.15) is 5.82 Å². The van der Waals surface area contributed by atoms with Crippen LogP contribution in [0.15, 0.2) is 36.5 Å². The Morgan fingerprint density at radius 2 is 2.11 bits per heavy atom. The SMILES string of the molecule is CNc1nccc(N2c3ccccc3CC2C)n1. The van der Waals surface area contributed by atoms with Gasteiger partial charge in [-0.3, -0.25) is 0 Å². The van der Waals surface area contributed by atoms with E-state index in [4.69, 9.17) is 0 Å². The van der Waals surface area contributed by atoms with E-state index >= 15 is 0 Å². The minimum Gasteiger partial charge on any atom is -0.357 e. The van der Waals surface area contributed by atoms with E-state index < -0.39 is 0 Å². The van der Waals surface area contributed by atoms with Crippen LogP contribution in [0, 0.1) is 0 Å². The highest BCUT2D eigenvalue weighted by atomic mass is 15.3. The topological polar surface area (TPSA) is 41.1 Å². The summed E-state index contributed by atoms with van der Waals surface area (Å²) < 4.78 is 0. The molecule has 1 N–H and O–H groups in total. The monoisotopic (exact) mass is 240 g/mol. The van der Waals surface area contributed by atoms with Crippen molar-refractivity contribution in [2.24, 2.45) is 0 Å². The molecule has 2 heterocycles. The molecule has 2 aromatic rings. The third-order valence-corrected chi connectivity index (χ3v) is 3.32. The van der Waals surface area contributed by atoms with Gasteiger partial charge in [0.25, 0.3) is 0 Å². The fourth-order valence-corrected chi connectivity index (χ4v) is 2.52. The van der Waals surface area contributed by atoms with Crippen LogP contribution in [0.5, 0.6) is 0 Å². The van der Waals surface area contributed by atoms with Crippen LogP contribution in [0.3, 0.4) is 0 Å². The molecule has 0 saturated carbocycles. The first-order chi connectivity index (χ1) is 8.79. The van der Waals surface area contributed by atoms with E-state index in [1.54, 1.807) is 6.20 Å². The van der Waals surface area contributed by atoms with Gasteiger partial charge in [0, 0.05) is 25.0 Å². The van der Waals surface area contributed by atoms with E-state index in [0.717, 1.165) is 12.2 Å². The number of anilines is 3. The second kappa shape index (κ2) is 4.29. The summed E-state index contributed by atoms with van der Waals surface area (Å²) in [5, 5.41) is 2.98. The predicted octanol–water partition coefficient (Wildman–Crippen LogP) is 2.60. The summed E-state index contributed by atoms with van der Waals surface area (Å²) in [6, 6.07) is 10.9. The first kappa shape index (κ1) is 11.0. The van der Waals surface area contributed by atoms with Crippen molar-refractivity contribution >= 4 is 17.5 Å². The zero-order valence-corrected chi connectivity index (χ0v) is 10.6. The van der Waals surface area contributed by atoms with Gasteiger partial charge in [-0.1, -0.05) is 18.2 Å². The van der Waals surface area contributed by atoms with Crippen molar-refractivity contribution in [2.75, 3.05) is 17.3 Å². The second-order valence-electron chi connectivity index (χ2n) is 4.54. The highest BCUT2D eigenvalue weighted by Gasteiger charge is 2.27. The van der Waals surface area contributed by atoms with Crippen molar-refractivity contribution in [1.82, 2.24) is 9.97 Å². The van der Waals surface area contributed by atoms with Crippen molar-refractivity contribution in [3.63, 3.8) is 0 Å². The van der Waals surface area contributed by atoms with E-state index in [-0.39, 0.29) is 0 Å². The van der Waals surface area contributed by atoms with Gasteiger partial charge in [-0.25, -0.2) is 4.98 Å². The molecule has 92 valence electrons. The van der Waals surface area contributed by atoms with Crippen LogP contribution < -0.4 is 10.2 Å². The van der Waals surface area contributed by atoms with Gasteiger partial charge < -0.3 is 10.2 Å². The molecule has 18 heavy (non-hydrogen) atoms. The Morgan fingerprint density at radius 3 is 2.94 bits per heavy atom. The Bertz CT molecular complexity index is 567. The van der Waals surface area contributed by atoms with Crippen LogP contribution in [0.4, 0.5) is 17.5 Å². The molecular formula is C14H16N4. The van der Waals surface area contributed by atoms with E-state index in [9.17, 15) is 0 Å².